The van der Waals surface area contributed by atoms with Gasteiger partial charge in [0.1, 0.15) is 0 Å². The van der Waals surface area contributed by atoms with E-state index in [1.807, 2.05) is 47.0 Å². The Morgan fingerprint density at radius 3 is 2.55 bits per heavy atom. The number of hydrogen-bond acceptors (Lipinski definition) is 5. The van der Waals surface area contributed by atoms with Gasteiger partial charge in [-0.15, -0.1) is 10.2 Å². The van der Waals surface area contributed by atoms with Crippen LogP contribution in [-0.2, 0) is 15.6 Å². The largest absolute Gasteiger partial charge is 0.322 e. The minimum Gasteiger partial charge on any atom is -0.322 e. The number of rotatable bonds is 5. The summed E-state index contributed by atoms with van der Waals surface area (Å²) in [5.74, 6) is 0.351. The zero-order valence-corrected chi connectivity index (χ0v) is 16.4. The van der Waals surface area contributed by atoms with Gasteiger partial charge >= 0.3 is 0 Å². The zero-order valence-electron chi connectivity index (χ0n) is 15.6. The quantitative estimate of drug-likeness (QED) is 0.549. The Hall–Kier alpha value is -3.52. The molecule has 0 spiro atoms. The lowest BCUT2D eigenvalue weighted by atomic mass is 10.1. The monoisotopic (exact) mass is 406 g/mol. The molecule has 7 nitrogen and oxygen atoms in total. The van der Waals surface area contributed by atoms with E-state index in [9.17, 15) is 13.2 Å². The molecule has 0 unspecified atom stereocenters. The fourth-order valence-corrected chi connectivity index (χ4v) is 3.83. The van der Waals surface area contributed by atoms with Gasteiger partial charge in [0.25, 0.3) is 5.91 Å². The highest BCUT2D eigenvalue weighted by Crippen LogP contribution is 2.22. The summed E-state index contributed by atoms with van der Waals surface area (Å²) in [6, 6.07) is 19.6. The average Bonchev–Trinajstić information content (AvgIpc) is 3.12. The maximum Gasteiger partial charge on any atom is 0.255 e. The number of fused-ring (bicyclic) bond motifs is 1. The Morgan fingerprint density at radius 2 is 1.79 bits per heavy atom. The van der Waals surface area contributed by atoms with Gasteiger partial charge in [0.05, 0.1) is 5.75 Å². The normalized spacial score (nSPS) is 11.5. The van der Waals surface area contributed by atoms with E-state index >= 15 is 0 Å². The van der Waals surface area contributed by atoms with E-state index in [1.54, 1.807) is 30.3 Å². The fourth-order valence-electron chi connectivity index (χ4n) is 3.03. The molecule has 146 valence electrons. The Morgan fingerprint density at radius 1 is 1.00 bits per heavy atom. The Kier molecular flexibility index (Phi) is 4.85. The van der Waals surface area contributed by atoms with Gasteiger partial charge in [-0.05, 0) is 42.0 Å². The van der Waals surface area contributed by atoms with E-state index in [4.69, 9.17) is 0 Å². The number of carbonyl (C=O) groups excluding carboxylic acids is 1. The molecule has 1 N–H and O–H groups in total. The summed E-state index contributed by atoms with van der Waals surface area (Å²) in [6.45, 7) is 0. The van der Waals surface area contributed by atoms with Crippen molar-refractivity contribution in [1.29, 1.82) is 0 Å². The number of benzene rings is 2. The average molecular weight is 406 g/mol. The third kappa shape index (κ3) is 4.33. The predicted octanol–water partition coefficient (Wildman–Crippen LogP) is 3.19. The molecule has 0 saturated carbocycles. The second-order valence-corrected chi connectivity index (χ2v) is 8.89. The summed E-state index contributed by atoms with van der Waals surface area (Å²) in [4.78, 5) is 12.6. The lowest BCUT2D eigenvalue weighted by Gasteiger charge is -2.08. The molecule has 2 aromatic heterocycles. The van der Waals surface area contributed by atoms with Gasteiger partial charge < -0.3 is 5.32 Å². The summed E-state index contributed by atoms with van der Waals surface area (Å²) in [5.41, 5.74) is 3.28. The van der Waals surface area contributed by atoms with Gasteiger partial charge in [-0.3, -0.25) is 9.20 Å². The van der Waals surface area contributed by atoms with Crippen LogP contribution in [0, 0.1) is 0 Å². The van der Waals surface area contributed by atoms with E-state index in [1.165, 1.54) is 6.26 Å². The van der Waals surface area contributed by atoms with Crippen molar-refractivity contribution in [3.8, 4) is 11.4 Å². The molecule has 0 aliphatic rings. The van der Waals surface area contributed by atoms with Gasteiger partial charge in [-0.1, -0.05) is 30.3 Å². The first-order valence-corrected chi connectivity index (χ1v) is 10.9. The number of amides is 1. The number of pyridine rings is 1. The summed E-state index contributed by atoms with van der Waals surface area (Å²) < 4.78 is 24.6. The van der Waals surface area contributed by atoms with Crippen molar-refractivity contribution in [3.05, 3.63) is 84.1 Å². The molecular weight excluding hydrogens is 388 g/mol. The van der Waals surface area contributed by atoms with Crippen LogP contribution in [-0.4, -0.2) is 35.2 Å². The number of hydrogen-bond donors (Lipinski definition) is 1. The van der Waals surface area contributed by atoms with Crippen molar-refractivity contribution < 1.29 is 13.2 Å². The van der Waals surface area contributed by atoms with Crippen molar-refractivity contribution in [1.82, 2.24) is 14.6 Å². The predicted molar refractivity (Wildman–Crippen MR) is 111 cm³/mol. The third-order valence-corrected chi connectivity index (χ3v) is 5.20. The van der Waals surface area contributed by atoms with E-state index < -0.39 is 9.84 Å². The maximum absolute atomic E-state index is 12.6. The highest BCUT2D eigenvalue weighted by molar-refractivity contribution is 7.89. The fraction of sp³-hybridized carbons (Fsp3) is 0.0952. The minimum absolute atomic E-state index is 0.0523. The third-order valence-electron chi connectivity index (χ3n) is 4.34. The number of anilines is 1. The number of nitrogens with one attached hydrogen (secondary N) is 1. The summed E-state index contributed by atoms with van der Waals surface area (Å²) in [7, 11) is -3.11. The number of sulfone groups is 1. The van der Waals surface area contributed by atoms with Crippen molar-refractivity contribution in [3.63, 3.8) is 0 Å². The molecule has 0 radical (unpaired) electrons. The smallest absolute Gasteiger partial charge is 0.255 e. The molecule has 0 bridgehead atoms. The first-order valence-electron chi connectivity index (χ1n) is 8.87. The molecule has 0 aliphatic heterocycles. The second kappa shape index (κ2) is 7.48. The summed E-state index contributed by atoms with van der Waals surface area (Å²) in [6.07, 6.45) is 3.06. The van der Waals surface area contributed by atoms with Crippen LogP contribution in [0.3, 0.4) is 0 Å². The molecule has 4 rings (SSSR count). The van der Waals surface area contributed by atoms with E-state index in [0.717, 1.165) is 11.2 Å². The molecule has 4 aromatic rings. The molecule has 0 saturated heterocycles. The number of carbonyl (C=O) groups is 1. The van der Waals surface area contributed by atoms with Gasteiger partial charge in [0.2, 0.25) is 0 Å². The van der Waals surface area contributed by atoms with Crippen LogP contribution in [0.4, 0.5) is 5.69 Å². The van der Waals surface area contributed by atoms with E-state index in [0.29, 0.717) is 22.6 Å². The summed E-state index contributed by atoms with van der Waals surface area (Å²) >= 11 is 0. The first kappa shape index (κ1) is 18.8. The highest BCUT2D eigenvalue weighted by atomic mass is 32.2. The molecule has 0 fully saturated rings. The first-order chi connectivity index (χ1) is 13.9. The number of nitrogens with zero attached hydrogens (tertiary/aromatic N) is 3. The molecule has 0 atom stereocenters. The van der Waals surface area contributed by atoms with Crippen LogP contribution in [0.25, 0.3) is 17.0 Å². The second-order valence-electron chi connectivity index (χ2n) is 6.75. The Balaban J connectivity index is 1.54. The lowest BCUT2D eigenvalue weighted by molar-refractivity contribution is 0.102. The van der Waals surface area contributed by atoms with Crippen molar-refractivity contribution in [2.75, 3.05) is 11.6 Å². The van der Waals surface area contributed by atoms with E-state index in [2.05, 4.69) is 15.5 Å². The SMILES string of the molecule is CS(=O)(=O)Cc1ccc(C(=O)Nc2cccc(-c3nnc4ccccn34)c2)cc1. The Bertz CT molecular complexity index is 1300. The van der Waals surface area contributed by atoms with Crippen LogP contribution in [0.1, 0.15) is 15.9 Å². The molecular formula is C21H18N4O3S. The topological polar surface area (TPSA) is 93.4 Å². The minimum atomic E-state index is -3.11. The number of aromatic nitrogens is 3. The maximum atomic E-state index is 12.6. The van der Waals surface area contributed by atoms with Crippen molar-refractivity contribution in [2.24, 2.45) is 0 Å². The Labute approximate surface area is 168 Å². The van der Waals surface area contributed by atoms with Gasteiger partial charge in [-0.25, -0.2) is 8.42 Å². The summed E-state index contributed by atoms with van der Waals surface area (Å²) in [5, 5.41) is 11.2. The van der Waals surface area contributed by atoms with E-state index in [-0.39, 0.29) is 11.7 Å². The van der Waals surface area contributed by atoms with Gasteiger partial charge in [0, 0.05) is 29.3 Å². The molecule has 1 amide bonds. The standard InChI is InChI=1S/C21H18N4O3S/c1-29(27,28)14-15-8-10-16(11-9-15)21(26)22-18-6-4-5-17(13-18)20-24-23-19-7-2-3-12-25(19)20/h2-13H,14H2,1H3,(H,22,26). The van der Waals surface area contributed by atoms with Crippen molar-refractivity contribution in [2.45, 2.75) is 5.75 Å². The van der Waals surface area contributed by atoms with Crippen LogP contribution < -0.4 is 5.32 Å². The van der Waals surface area contributed by atoms with Gasteiger partial charge in [0.15, 0.2) is 21.3 Å². The molecule has 8 heteroatoms. The lowest BCUT2D eigenvalue weighted by Crippen LogP contribution is -2.12. The molecule has 29 heavy (non-hydrogen) atoms. The highest BCUT2D eigenvalue weighted by Gasteiger charge is 2.11. The van der Waals surface area contributed by atoms with Crippen LogP contribution >= 0.6 is 0 Å². The van der Waals surface area contributed by atoms with Crippen LogP contribution in [0.15, 0.2) is 72.9 Å². The molecule has 2 aromatic carbocycles. The van der Waals surface area contributed by atoms with Gasteiger partial charge in [-0.2, -0.15) is 0 Å². The van der Waals surface area contributed by atoms with Crippen molar-refractivity contribution >= 4 is 27.1 Å². The molecule has 2 heterocycles. The van der Waals surface area contributed by atoms with Crippen LogP contribution in [0.5, 0.6) is 0 Å². The molecule has 0 aliphatic carbocycles. The zero-order chi connectivity index (χ0) is 20.4. The van der Waals surface area contributed by atoms with Crippen LogP contribution in [0.2, 0.25) is 0 Å².